The Labute approximate surface area is 278 Å². The van der Waals surface area contributed by atoms with Gasteiger partial charge in [-0.05, 0) is 32.1 Å². The number of unbranched alkanes of at least 4 members (excludes halogenated alkanes) is 10. The van der Waals surface area contributed by atoms with Crippen LogP contribution in [0, 0.1) is 0 Å². The Morgan fingerprint density at radius 2 is 1.21 bits per heavy atom. The van der Waals surface area contributed by atoms with Crippen molar-refractivity contribution in [2.45, 2.75) is 158 Å². The van der Waals surface area contributed by atoms with E-state index < -0.39 is 86.7 Å². The van der Waals surface area contributed by atoms with E-state index in [1.807, 2.05) is 0 Å². The van der Waals surface area contributed by atoms with E-state index in [1.165, 1.54) is 58.3 Å². The Bertz CT molecular complexity index is 844. The molecular formula is C33H60O14. The number of hydrogen-bond acceptors (Lipinski definition) is 14. The maximum atomic E-state index is 11.6. The lowest BCUT2D eigenvalue weighted by atomic mass is 9.98. The Hall–Kier alpha value is -1.27. The molecule has 11 unspecified atom stereocenters. The molecular weight excluding hydrogens is 620 g/mol. The zero-order valence-corrected chi connectivity index (χ0v) is 28.0. The molecule has 2 saturated heterocycles. The molecule has 2 aliphatic heterocycles. The van der Waals surface area contributed by atoms with Gasteiger partial charge in [-0.2, -0.15) is 0 Å². The highest BCUT2D eigenvalue weighted by Gasteiger charge is 2.47. The summed E-state index contributed by atoms with van der Waals surface area (Å²) >= 11 is 0. The second kappa shape index (κ2) is 24.0. The van der Waals surface area contributed by atoms with Crippen LogP contribution >= 0.6 is 0 Å². The molecule has 2 aliphatic rings. The number of rotatable bonds is 24. The van der Waals surface area contributed by atoms with Gasteiger partial charge in [0.15, 0.2) is 12.6 Å². The highest BCUT2D eigenvalue weighted by Crippen LogP contribution is 2.26. The topological polar surface area (TPSA) is 214 Å². The minimum absolute atomic E-state index is 0.0437. The Kier molecular flexibility index (Phi) is 21.4. The van der Waals surface area contributed by atoms with E-state index in [0.717, 1.165) is 25.7 Å². The number of ether oxygens (including phenoxy) is 6. The lowest BCUT2D eigenvalue weighted by molar-refractivity contribution is -0.332. The quantitative estimate of drug-likeness (QED) is 0.0428. The summed E-state index contributed by atoms with van der Waals surface area (Å²) in [5, 5.41) is 70.7. The van der Waals surface area contributed by atoms with Crippen molar-refractivity contribution in [2.24, 2.45) is 0 Å². The van der Waals surface area contributed by atoms with E-state index in [0.29, 0.717) is 6.61 Å². The number of allylic oxidation sites excluding steroid dienone is 2. The molecule has 14 nitrogen and oxygen atoms in total. The van der Waals surface area contributed by atoms with Gasteiger partial charge < -0.3 is 64.2 Å². The predicted octanol–water partition coefficient (Wildman–Crippen LogP) is 0.833. The number of hydrogen-bond donors (Lipinski definition) is 7. The molecule has 0 bridgehead atoms. The lowest BCUT2D eigenvalue weighted by Gasteiger charge is -2.42. The van der Waals surface area contributed by atoms with Gasteiger partial charge in [0, 0.05) is 13.5 Å². The van der Waals surface area contributed by atoms with Crippen LogP contribution in [0.4, 0.5) is 0 Å². The summed E-state index contributed by atoms with van der Waals surface area (Å²) in [4.78, 5) is 11.6. The molecule has 276 valence electrons. The minimum atomic E-state index is -1.70. The van der Waals surface area contributed by atoms with Crippen LogP contribution in [0.15, 0.2) is 12.2 Å². The lowest BCUT2D eigenvalue weighted by Crippen LogP contribution is -2.61. The summed E-state index contributed by atoms with van der Waals surface area (Å²) in [6.45, 7) is 2.61. The SMILES string of the molecule is CCCCCC/C=C\CCCCCCCCOCC(COC1OC(COC2OC(CO)C(O)C(O)C2O)C(O)C(O)C1O)OC(C)=O. The summed E-state index contributed by atoms with van der Waals surface area (Å²) in [5.41, 5.74) is 0. The predicted molar refractivity (Wildman–Crippen MR) is 169 cm³/mol. The van der Waals surface area contributed by atoms with Gasteiger partial charge in [0.2, 0.25) is 0 Å². The van der Waals surface area contributed by atoms with Crippen molar-refractivity contribution in [3.05, 3.63) is 12.2 Å². The molecule has 0 spiro atoms. The van der Waals surface area contributed by atoms with Crippen LogP contribution in [-0.2, 0) is 33.2 Å². The zero-order chi connectivity index (χ0) is 34.6. The molecule has 0 radical (unpaired) electrons. The largest absolute Gasteiger partial charge is 0.458 e. The second-order valence-corrected chi connectivity index (χ2v) is 12.4. The zero-order valence-electron chi connectivity index (χ0n) is 28.0. The molecule has 14 heteroatoms. The van der Waals surface area contributed by atoms with Gasteiger partial charge in [0.25, 0.3) is 0 Å². The molecule has 11 atom stereocenters. The maximum Gasteiger partial charge on any atom is 0.303 e. The van der Waals surface area contributed by atoms with E-state index in [2.05, 4.69) is 19.1 Å². The van der Waals surface area contributed by atoms with Gasteiger partial charge in [0.1, 0.15) is 54.9 Å². The highest BCUT2D eigenvalue weighted by molar-refractivity contribution is 5.66. The van der Waals surface area contributed by atoms with Crippen LogP contribution in [0.2, 0.25) is 0 Å². The standard InChI is InChI=1S/C33H60O14/c1-3-4-5-6-7-8-9-10-11-12-13-14-15-16-17-42-19-23(45-22(2)35)20-43-32-31(41)29(39)27(37)25(47-32)21-44-33-30(40)28(38)26(36)24(18-34)46-33/h8-9,23-34,36-41H,3-7,10-21H2,1-2H3/b9-8-. The number of aliphatic hydroxyl groups is 7. The third kappa shape index (κ3) is 15.4. The molecule has 0 aliphatic carbocycles. The molecule has 2 heterocycles. The summed E-state index contributed by atoms with van der Waals surface area (Å²) in [5.74, 6) is -0.556. The van der Waals surface area contributed by atoms with Crippen molar-refractivity contribution in [3.63, 3.8) is 0 Å². The molecule has 0 aromatic carbocycles. The molecule has 2 fully saturated rings. The maximum absolute atomic E-state index is 11.6. The van der Waals surface area contributed by atoms with Gasteiger partial charge in [0.05, 0.1) is 26.4 Å². The van der Waals surface area contributed by atoms with Gasteiger partial charge in [-0.1, -0.05) is 64.0 Å². The second-order valence-electron chi connectivity index (χ2n) is 12.4. The van der Waals surface area contributed by atoms with Gasteiger partial charge in [-0.15, -0.1) is 0 Å². The van der Waals surface area contributed by atoms with Crippen LogP contribution in [0.3, 0.4) is 0 Å². The number of aliphatic hydroxyl groups excluding tert-OH is 7. The van der Waals surface area contributed by atoms with E-state index in [9.17, 15) is 40.5 Å². The Balaban J connectivity index is 1.68. The van der Waals surface area contributed by atoms with Crippen LogP contribution in [0.25, 0.3) is 0 Å². The smallest absolute Gasteiger partial charge is 0.303 e. The first-order chi connectivity index (χ1) is 22.6. The average Bonchev–Trinajstić information content (AvgIpc) is 3.05. The number of esters is 1. The van der Waals surface area contributed by atoms with Crippen LogP contribution in [0.5, 0.6) is 0 Å². The normalized spacial score (nSPS) is 32.1. The summed E-state index contributed by atoms with van der Waals surface area (Å²) in [7, 11) is 0. The van der Waals surface area contributed by atoms with Crippen molar-refractivity contribution >= 4 is 5.97 Å². The molecule has 0 saturated carbocycles. The molecule has 2 rings (SSSR count). The first kappa shape index (κ1) is 41.9. The van der Waals surface area contributed by atoms with E-state index in [-0.39, 0.29) is 13.2 Å². The van der Waals surface area contributed by atoms with Gasteiger partial charge >= 0.3 is 5.97 Å². The van der Waals surface area contributed by atoms with E-state index >= 15 is 0 Å². The minimum Gasteiger partial charge on any atom is -0.458 e. The molecule has 47 heavy (non-hydrogen) atoms. The highest BCUT2D eigenvalue weighted by atomic mass is 16.7. The first-order valence-corrected chi connectivity index (χ1v) is 17.2. The van der Waals surface area contributed by atoms with Crippen molar-refractivity contribution in [1.29, 1.82) is 0 Å². The van der Waals surface area contributed by atoms with Gasteiger partial charge in [-0.3, -0.25) is 4.79 Å². The average molecular weight is 681 g/mol. The fourth-order valence-electron chi connectivity index (χ4n) is 5.45. The number of carbonyl (C=O) groups is 1. The van der Waals surface area contributed by atoms with Crippen LogP contribution in [-0.4, -0.2) is 142 Å². The molecule has 0 amide bonds. The van der Waals surface area contributed by atoms with Crippen molar-refractivity contribution in [3.8, 4) is 0 Å². The monoisotopic (exact) mass is 680 g/mol. The Morgan fingerprint density at radius 3 is 1.81 bits per heavy atom. The molecule has 0 aromatic heterocycles. The molecule has 7 N–H and O–H groups in total. The molecule has 0 aromatic rings. The Morgan fingerprint density at radius 1 is 0.681 bits per heavy atom. The third-order valence-corrected chi connectivity index (χ3v) is 8.32. The summed E-state index contributed by atoms with van der Waals surface area (Å²) in [6, 6.07) is 0. The van der Waals surface area contributed by atoms with Crippen molar-refractivity contribution < 1.29 is 69.0 Å². The van der Waals surface area contributed by atoms with Crippen LogP contribution < -0.4 is 0 Å². The fourth-order valence-corrected chi connectivity index (χ4v) is 5.45. The summed E-state index contributed by atoms with van der Waals surface area (Å²) < 4.78 is 32.9. The van der Waals surface area contributed by atoms with Crippen molar-refractivity contribution in [2.75, 3.05) is 33.0 Å². The third-order valence-electron chi connectivity index (χ3n) is 8.32. The fraction of sp³-hybridized carbons (Fsp3) is 0.909. The van der Waals surface area contributed by atoms with Gasteiger partial charge in [-0.25, -0.2) is 0 Å². The summed E-state index contributed by atoms with van der Waals surface area (Å²) in [6.07, 6.45) is 2.56. The van der Waals surface area contributed by atoms with E-state index in [4.69, 9.17) is 28.4 Å². The first-order valence-electron chi connectivity index (χ1n) is 17.2. The van der Waals surface area contributed by atoms with Crippen LogP contribution in [0.1, 0.15) is 90.9 Å². The van der Waals surface area contributed by atoms with E-state index in [1.54, 1.807) is 0 Å². The van der Waals surface area contributed by atoms with Crippen molar-refractivity contribution in [1.82, 2.24) is 0 Å². The number of carbonyl (C=O) groups excluding carboxylic acids is 1.